The summed E-state index contributed by atoms with van der Waals surface area (Å²) in [6.45, 7) is 9.69. The predicted molar refractivity (Wildman–Crippen MR) is 205 cm³/mol. The zero-order valence-electron chi connectivity index (χ0n) is 29.7. The minimum Gasteiger partial charge on any atom is -0.310 e. The van der Waals surface area contributed by atoms with Gasteiger partial charge in [-0.3, -0.25) is 0 Å². The van der Waals surface area contributed by atoms with Crippen LogP contribution in [-0.2, 0) is 16.2 Å². The van der Waals surface area contributed by atoms with Crippen LogP contribution in [-0.4, -0.2) is 0 Å². The molecule has 49 heavy (non-hydrogen) atoms. The van der Waals surface area contributed by atoms with Crippen molar-refractivity contribution >= 4 is 17.1 Å². The monoisotopic (exact) mass is 639 g/mol. The van der Waals surface area contributed by atoms with Gasteiger partial charge in [0.1, 0.15) is 0 Å². The minimum atomic E-state index is 0.159. The lowest BCUT2D eigenvalue weighted by Gasteiger charge is -2.61. The molecule has 4 bridgehead atoms. The normalized spacial score (nSPS) is 27.8. The molecule has 0 unspecified atom stereocenters. The van der Waals surface area contributed by atoms with Crippen LogP contribution in [0.1, 0.15) is 94.9 Å². The summed E-state index contributed by atoms with van der Waals surface area (Å²) in [5.41, 5.74) is 16.3. The molecule has 11 rings (SSSR count). The van der Waals surface area contributed by atoms with Crippen LogP contribution in [0, 0.1) is 23.7 Å². The second kappa shape index (κ2) is 10.5. The Balaban J connectivity index is 1.10. The van der Waals surface area contributed by atoms with E-state index in [1.54, 1.807) is 11.1 Å². The molecule has 0 saturated heterocycles. The molecular weight excluding hydrogens is 591 g/mol. The molecule has 0 aliphatic heterocycles. The number of para-hydroxylation sites is 1. The minimum absolute atomic E-state index is 0.159. The first-order valence-corrected chi connectivity index (χ1v) is 19.1. The fraction of sp³-hybridized carbons (Fsp3) is 0.375. The van der Waals surface area contributed by atoms with E-state index in [1.807, 2.05) is 0 Å². The van der Waals surface area contributed by atoms with E-state index in [0.717, 1.165) is 23.7 Å². The van der Waals surface area contributed by atoms with E-state index in [9.17, 15) is 0 Å². The topological polar surface area (TPSA) is 3.24 Å². The van der Waals surface area contributed by atoms with Gasteiger partial charge in [0, 0.05) is 22.5 Å². The maximum Gasteiger partial charge on any atom is 0.0464 e. The molecule has 1 spiro atoms. The summed E-state index contributed by atoms with van der Waals surface area (Å²) < 4.78 is 0. The highest BCUT2D eigenvalue weighted by molar-refractivity contribution is 5.90. The fourth-order valence-electron chi connectivity index (χ4n) is 12.0. The molecule has 0 N–H and O–H groups in total. The van der Waals surface area contributed by atoms with E-state index in [1.165, 1.54) is 95.4 Å². The Morgan fingerprint density at radius 2 is 1.04 bits per heavy atom. The van der Waals surface area contributed by atoms with Crippen molar-refractivity contribution in [2.24, 2.45) is 23.7 Å². The summed E-state index contributed by atoms with van der Waals surface area (Å²) in [4.78, 5) is 2.46. The quantitative estimate of drug-likeness (QED) is 0.189. The first-order valence-electron chi connectivity index (χ1n) is 19.1. The second-order valence-electron chi connectivity index (χ2n) is 17.7. The SMILES string of the molecule is CC1(C)CCC(C)(C)c2cc(N(c3ccccc3)c3ccc(-c4cccc5c4C4(c6ccccc6-5)C5CC6CC(C5)CC4C6)cc3)ccc21. The Bertz CT molecular complexity index is 2050. The van der Waals surface area contributed by atoms with Gasteiger partial charge < -0.3 is 4.90 Å². The highest BCUT2D eigenvalue weighted by Gasteiger charge is 2.62. The molecule has 0 atom stereocenters. The number of benzene rings is 5. The molecule has 4 fully saturated rings. The summed E-state index contributed by atoms with van der Waals surface area (Å²) in [6.07, 6.45) is 9.58. The van der Waals surface area contributed by atoms with Crippen LogP contribution in [0.15, 0.2) is 115 Å². The Hall–Kier alpha value is -4.10. The Labute approximate surface area is 293 Å². The van der Waals surface area contributed by atoms with Crippen molar-refractivity contribution in [2.75, 3.05) is 4.90 Å². The number of rotatable bonds is 4. The van der Waals surface area contributed by atoms with Gasteiger partial charge in [-0.15, -0.1) is 0 Å². The van der Waals surface area contributed by atoms with Crippen molar-refractivity contribution in [1.29, 1.82) is 0 Å². The maximum absolute atomic E-state index is 2.50. The smallest absolute Gasteiger partial charge is 0.0464 e. The fourth-order valence-corrected chi connectivity index (χ4v) is 12.0. The zero-order valence-corrected chi connectivity index (χ0v) is 29.7. The van der Waals surface area contributed by atoms with Crippen molar-refractivity contribution in [3.05, 3.63) is 138 Å². The van der Waals surface area contributed by atoms with E-state index in [2.05, 4.69) is 148 Å². The highest BCUT2D eigenvalue weighted by Crippen LogP contribution is 2.70. The Morgan fingerprint density at radius 3 is 1.76 bits per heavy atom. The zero-order chi connectivity index (χ0) is 33.1. The molecule has 4 saturated carbocycles. The van der Waals surface area contributed by atoms with Gasteiger partial charge in [-0.2, -0.15) is 0 Å². The van der Waals surface area contributed by atoms with Crippen LogP contribution in [0.25, 0.3) is 22.3 Å². The first kappa shape index (κ1) is 29.8. The summed E-state index contributed by atoms with van der Waals surface area (Å²) in [5.74, 6) is 3.41. The summed E-state index contributed by atoms with van der Waals surface area (Å²) in [5, 5.41) is 0. The standard InChI is InChI=1S/C48H49N/c1-46(2)23-24-47(3,4)44-30-38(21-22-43(44)46)49(36-11-6-5-7-12-36)37-19-17-33(18-20-37)39-14-10-15-41-40-13-8-9-16-42(40)48(45(39)41)34-26-31-25-32(28-34)29-35(48)27-31/h5-22,30-32,34-35H,23-29H2,1-4H3. The van der Waals surface area contributed by atoms with Gasteiger partial charge in [-0.1, -0.05) is 107 Å². The molecule has 1 heteroatoms. The van der Waals surface area contributed by atoms with Gasteiger partial charge in [0.25, 0.3) is 0 Å². The van der Waals surface area contributed by atoms with E-state index in [-0.39, 0.29) is 16.2 Å². The molecule has 5 aromatic carbocycles. The number of fused-ring (bicyclic) bond motifs is 4. The van der Waals surface area contributed by atoms with E-state index >= 15 is 0 Å². The van der Waals surface area contributed by atoms with Crippen LogP contribution in [0.3, 0.4) is 0 Å². The van der Waals surface area contributed by atoms with Gasteiger partial charge in [0.05, 0.1) is 0 Å². The van der Waals surface area contributed by atoms with Gasteiger partial charge in [-0.25, -0.2) is 0 Å². The molecule has 1 nitrogen and oxygen atoms in total. The van der Waals surface area contributed by atoms with E-state index in [4.69, 9.17) is 0 Å². The number of hydrogen-bond acceptors (Lipinski definition) is 1. The van der Waals surface area contributed by atoms with Crippen LogP contribution < -0.4 is 4.90 Å². The van der Waals surface area contributed by atoms with Crippen molar-refractivity contribution in [3.8, 4) is 22.3 Å². The molecule has 0 radical (unpaired) electrons. The molecule has 6 aliphatic carbocycles. The largest absolute Gasteiger partial charge is 0.310 e. The van der Waals surface area contributed by atoms with Crippen LogP contribution in [0.5, 0.6) is 0 Å². The van der Waals surface area contributed by atoms with Crippen molar-refractivity contribution in [1.82, 2.24) is 0 Å². The van der Waals surface area contributed by atoms with Gasteiger partial charge in [-0.05, 0) is 160 Å². The Morgan fingerprint density at radius 1 is 0.469 bits per heavy atom. The molecule has 5 aromatic rings. The molecule has 0 aromatic heterocycles. The van der Waals surface area contributed by atoms with Crippen LogP contribution >= 0.6 is 0 Å². The molecule has 246 valence electrons. The average Bonchev–Trinajstić information content (AvgIpc) is 3.41. The third-order valence-corrected chi connectivity index (χ3v) is 14.1. The molecule has 6 aliphatic rings. The van der Waals surface area contributed by atoms with Crippen LogP contribution in [0.4, 0.5) is 17.1 Å². The van der Waals surface area contributed by atoms with E-state index in [0.29, 0.717) is 0 Å². The number of anilines is 3. The van der Waals surface area contributed by atoms with Crippen molar-refractivity contribution in [3.63, 3.8) is 0 Å². The summed E-state index contributed by atoms with van der Waals surface area (Å²) in [6, 6.07) is 44.5. The first-order chi connectivity index (χ1) is 23.7. The lowest BCUT2D eigenvalue weighted by molar-refractivity contribution is -0.0397. The maximum atomic E-state index is 2.50. The van der Waals surface area contributed by atoms with Gasteiger partial charge in [0.15, 0.2) is 0 Å². The summed E-state index contributed by atoms with van der Waals surface area (Å²) >= 11 is 0. The average molecular weight is 640 g/mol. The lowest BCUT2D eigenvalue weighted by atomic mass is 9.42. The highest BCUT2D eigenvalue weighted by atomic mass is 15.1. The molecule has 0 heterocycles. The van der Waals surface area contributed by atoms with Gasteiger partial charge in [0.2, 0.25) is 0 Å². The lowest BCUT2D eigenvalue weighted by Crippen LogP contribution is -2.55. The molecule has 0 amide bonds. The number of nitrogens with zero attached hydrogens (tertiary/aromatic N) is 1. The summed E-state index contributed by atoms with van der Waals surface area (Å²) in [7, 11) is 0. The third-order valence-electron chi connectivity index (χ3n) is 14.1. The molecular formula is C48H49N. The number of hydrogen-bond donors (Lipinski definition) is 0. The second-order valence-corrected chi connectivity index (χ2v) is 17.7. The van der Waals surface area contributed by atoms with Gasteiger partial charge >= 0.3 is 0 Å². The Kier molecular flexibility index (Phi) is 6.36. The van der Waals surface area contributed by atoms with Crippen molar-refractivity contribution in [2.45, 2.75) is 88.9 Å². The van der Waals surface area contributed by atoms with Crippen molar-refractivity contribution < 1.29 is 0 Å². The van der Waals surface area contributed by atoms with Crippen LogP contribution in [0.2, 0.25) is 0 Å². The third kappa shape index (κ3) is 4.24. The predicted octanol–water partition coefficient (Wildman–Crippen LogP) is 12.9. The van der Waals surface area contributed by atoms with E-state index < -0.39 is 0 Å².